The van der Waals surface area contributed by atoms with E-state index in [1.54, 1.807) is 24.3 Å². The second-order valence-electron chi connectivity index (χ2n) is 8.76. The van der Waals surface area contributed by atoms with Crippen LogP contribution in [0.5, 0.6) is 11.5 Å². The molecule has 2 saturated heterocycles. The maximum atomic E-state index is 12.8. The van der Waals surface area contributed by atoms with E-state index in [4.69, 9.17) is 9.31 Å². The molecule has 0 N–H and O–H groups in total. The molecule has 2 aromatic carbocycles. The number of rotatable bonds is 8. The van der Waals surface area contributed by atoms with Crippen molar-refractivity contribution < 1.29 is 26.1 Å². The summed E-state index contributed by atoms with van der Waals surface area (Å²) >= 11 is 0. The first kappa shape index (κ1) is 25.9. The standard InChI is InChI=1S/C22H31BN4O6S2/c1-24-11-15-26(16-12-24)34(28,29)21-7-3-19(4-8-21)32-23-33-20-5-9-22(10-6-20)35(30,31)27-17-13-25(2)14-18-27/h3-10,23H,11-18H2,1-2H3. The van der Waals surface area contributed by atoms with Gasteiger partial charge in [0, 0.05) is 52.4 Å². The number of likely N-dealkylation sites (N-methyl/N-ethyl adjacent to an activating group) is 2. The van der Waals surface area contributed by atoms with Gasteiger partial charge in [0.25, 0.3) is 0 Å². The van der Waals surface area contributed by atoms with E-state index in [-0.39, 0.29) is 17.5 Å². The molecule has 0 unspecified atom stereocenters. The monoisotopic (exact) mass is 522 g/mol. The first-order chi connectivity index (χ1) is 16.7. The maximum absolute atomic E-state index is 12.8. The fourth-order valence-electron chi connectivity index (χ4n) is 3.94. The largest absolute Gasteiger partial charge is 0.576 e. The summed E-state index contributed by atoms with van der Waals surface area (Å²) in [5, 5.41) is 0. The highest BCUT2D eigenvalue weighted by molar-refractivity contribution is 7.89. The third-order valence-electron chi connectivity index (χ3n) is 6.30. The van der Waals surface area contributed by atoms with Crippen molar-refractivity contribution in [2.24, 2.45) is 0 Å². The highest BCUT2D eigenvalue weighted by Crippen LogP contribution is 2.22. The van der Waals surface area contributed by atoms with Crippen LogP contribution >= 0.6 is 0 Å². The molecule has 2 aliphatic heterocycles. The number of nitrogens with zero attached hydrogens (tertiary/aromatic N) is 4. The van der Waals surface area contributed by atoms with Crippen LogP contribution in [-0.2, 0) is 20.0 Å². The molecule has 0 aromatic heterocycles. The van der Waals surface area contributed by atoms with E-state index >= 15 is 0 Å². The van der Waals surface area contributed by atoms with Crippen LogP contribution in [0, 0.1) is 0 Å². The summed E-state index contributed by atoms with van der Waals surface area (Å²) in [5.74, 6) is 0.938. The number of hydrogen-bond acceptors (Lipinski definition) is 8. The summed E-state index contributed by atoms with van der Waals surface area (Å²) in [4.78, 5) is 4.66. The van der Waals surface area contributed by atoms with Crippen molar-refractivity contribution in [1.29, 1.82) is 0 Å². The van der Waals surface area contributed by atoms with Gasteiger partial charge in [0.05, 0.1) is 9.79 Å². The van der Waals surface area contributed by atoms with E-state index < -0.39 is 20.0 Å². The zero-order valence-corrected chi connectivity index (χ0v) is 21.7. The van der Waals surface area contributed by atoms with Gasteiger partial charge in [0.1, 0.15) is 11.5 Å². The molecule has 10 nitrogen and oxygen atoms in total. The molecule has 4 rings (SSSR count). The van der Waals surface area contributed by atoms with Gasteiger partial charge in [-0.25, -0.2) is 16.8 Å². The lowest BCUT2D eigenvalue weighted by Crippen LogP contribution is -2.46. The van der Waals surface area contributed by atoms with Crippen LogP contribution in [-0.4, -0.2) is 109 Å². The van der Waals surface area contributed by atoms with E-state index in [1.165, 1.54) is 32.9 Å². The molecule has 190 valence electrons. The number of hydrogen-bond donors (Lipinski definition) is 0. The van der Waals surface area contributed by atoms with Crippen LogP contribution in [0.1, 0.15) is 0 Å². The highest BCUT2D eigenvalue weighted by atomic mass is 32.2. The van der Waals surface area contributed by atoms with Crippen molar-refractivity contribution in [2.45, 2.75) is 9.79 Å². The Hall–Kier alpha value is -2.16. The molecule has 0 aliphatic carbocycles. The summed E-state index contributed by atoms with van der Waals surface area (Å²) in [7, 11) is -3.21. The Morgan fingerprint density at radius 2 is 0.886 bits per heavy atom. The van der Waals surface area contributed by atoms with Gasteiger partial charge < -0.3 is 19.1 Å². The SMILES string of the molecule is CN1CCN(S(=O)(=O)c2ccc(OBOc3ccc(S(=O)(=O)N4CCN(C)CC4)cc3)cc2)CC1. The zero-order chi connectivity index (χ0) is 25.1. The predicted molar refractivity (Wildman–Crippen MR) is 134 cm³/mol. The summed E-state index contributed by atoms with van der Waals surface area (Å²) in [6.07, 6.45) is 0. The van der Waals surface area contributed by atoms with Crippen LogP contribution in [0.4, 0.5) is 0 Å². The highest BCUT2D eigenvalue weighted by Gasteiger charge is 2.28. The molecule has 2 heterocycles. The Kier molecular flexibility index (Phi) is 8.04. The van der Waals surface area contributed by atoms with Crippen molar-refractivity contribution in [3.63, 3.8) is 0 Å². The van der Waals surface area contributed by atoms with Gasteiger partial charge in [0.2, 0.25) is 20.0 Å². The third kappa shape index (κ3) is 6.16. The molecule has 2 fully saturated rings. The molecule has 0 spiro atoms. The first-order valence-corrected chi connectivity index (χ1v) is 14.4. The van der Waals surface area contributed by atoms with E-state index in [0.29, 0.717) is 63.9 Å². The molecule has 13 heteroatoms. The average molecular weight is 522 g/mol. The second-order valence-corrected chi connectivity index (χ2v) is 12.6. The second kappa shape index (κ2) is 10.8. The van der Waals surface area contributed by atoms with Crippen LogP contribution in [0.3, 0.4) is 0 Å². The minimum absolute atomic E-state index is 0.102. The molecule has 0 bridgehead atoms. The molecule has 0 atom stereocenters. The Balaban J connectivity index is 1.29. The van der Waals surface area contributed by atoms with Crippen LogP contribution < -0.4 is 9.31 Å². The number of sulfonamides is 2. The summed E-state index contributed by atoms with van der Waals surface area (Å²) in [6.45, 7) is 4.73. The Morgan fingerprint density at radius 1 is 0.571 bits per heavy atom. The van der Waals surface area contributed by atoms with Gasteiger partial charge in [-0.3, -0.25) is 0 Å². The molecule has 0 amide bonds. The topological polar surface area (TPSA) is 99.7 Å². The lowest BCUT2D eigenvalue weighted by atomic mass is 10.3. The fourth-order valence-corrected chi connectivity index (χ4v) is 6.78. The van der Waals surface area contributed by atoms with Gasteiger partial charge in [-0.15, -0.1) is 0 Å². The van der Waals surface area contributed by atoms with Crippen molar-refractivity contribution in [3.8, 4) is 11.5 Å². The van der Waals surface area contributed by atoms with Crippen LogP contribution in [0.15, 0.2) is 58.3 Å². The summed E-state index contributed by atoms with van der Waals surface area (Å²) < 4.78 is 65.4. The van der Waals surface area contributed by atoms with Gasteiger partial charge >= 0.3 is 7.69 Å². The molecular weight excluding hydrogens is 491 g/mol. The fraction of sp³-hybridized carbons (Fsp3) is 0.455. The maximum Gasteiger partial charge on any atom is 0.576 e. The Bertz CT molecular complexity index is 1100. The van der Waals surface area contributed by atoms with Crippen LogP contribution in [0.2, 0.25) is 0 Å². The predicted octanol–water partition coefficient (Wildman–Crippen LogP) is 0.283. The van der Waals surface area contributed by atoms with Crippen molar-refractivity contribution in [1.82, 2.24) is 18.4 Å². The normalized spacial score (nSPS) is 19.4. The van der Waals surface area contributed by atoms with Crippen molar-refractivity contribution in [3.05, 3.63) is 48.5 Å². The van der Waals surface area contributed by atoms with Gasteiger partial charge in [-0.2, -0.15) is 8.61 Å². The van der Waals surface area contributed by atoms with E-state index in [2.05, 4.69) is 9.80 Å². The number of benzene rings is 2. The lowest BCUT2D eigenvalue weighted by Gasteiger charge is -2.31. The minimum Gasteiger partial charge on any atom is -0.529 e. The Morgan fingerprint density at radius 3 is 1.20 bits per heavy atom. The number of piperazine rings is 2. The molecule has 0 saturated carbocycles. The van der Waals surface area contributed by atoms with E-state index in [0.717, 1.165) is 0 Å². The summed E-state index contributed by atoms with van der Waals surface area (Å²) in [5.41, 5.74) is 0. The minimum atomic E-state index is -3.53. The quantitative estimate of drug-likeness (QED) is 0.456. The smallest absolute Gasteiger partial charge is 0.529 e. The Labute approximate surface area is 208 Å². The average Bonchev–Trinajstić information content (AvgIpc) is 2.85. The zero-order valence-electron chi connectivity index (χ0n) is 20.0. The lowest BCUT2D eigenvalue weighted by molar-refractivity contribution is 0.222. The van der Waals surface area contributed by atoms with E-state index in [1.807, 2.05) is 14.1 Å². The van der Waals surface area contributed by atoms with Crippen molar-refractivity contribution in [2.75, 3.05) is 66.5 Å². The summed E-state index contributed by atoms with van der Waals surface area (Å²) in [6, 6.07) is 12.5. The molecule has 2 aromatic rings. The first-order valence-electron chi connectivity index (χ1n) is 11.5. The van der Waals surface area contributed by atoms with Gasteiger partial charge in [0.15, 0.2) is 0 Å². The van der Waals surface area contributed by atoms with Gasteiger partial charge in [-0.05, 0) is 62.6 Å². The molecule has 35 heavy (non-hydrogen) atoms. The van der Waals surface area contributed by atoms with Crippen molar-refractivity contribution >= 4 is 27.7 Å². The van der Waals surface area contributed by atoms with Gasteiger partial charge in [-0.1, -0.05) is 0 Å². The van der Waals surface area contributed by atoms with E-state index in [9.17, 15) is 16.8 Å². The molecule has 2 aliphatic rings. The molecular formula is C22H31BN4O6S2. The third-order valence-corrected chi connectivity index (χ3v) is 10.1. The van der Waals surface area contributed by atoms with Crippen LogP contribution in [0.25, 0.3) is 0 Å². The molecule has 0 radical (unpaired) electrons.